The number of halogens is 1. The molecule has 2 aliphatic rings. The number of hydrogen-bond acceptors (Lipinski definition) is 4. The molecule has 0 saturated carbocycles. The van der Waals surface area contributed by atoms with Crippen molar-refractivity contribution >= 4 is 34.1 Å². The molecule has 28 heavy (non-hydrogen) atoms. The average Bonchev–Trinajstić information content (AvgIpc) is 3.27. The minimum atomic E-state index is -0.441. The Hall–Kier alpha value is -2.57. The number of piperidine rings is 1. The SMILES string of the molecule is O=C1Nc2ccc(Cl)cc2C12CCN(CCOc1ccc3[nH]ncc3c1)CC2. The number of likely N-dealkylation sites (tertiary alicyclic amines) is 1. The number of carbonyl (C=O) groups excluding carboxylic acids is 1. The van der Waals surface area contributed by atoms with Gasteiger partial charge in [-0.3, -0.25) is 14.8 Å². The third kappa shape index (κ3) is 2.93. The molecule has 0 bridgehead atoms. The second-order valence-electron chi connectivity index (χ2n) is 7.54. The summed E-state index contributed by atoms with van der Waals surface area (Å²) in [5.74, 6) is 0.954. The lowest BCUT2D eigenvalue weighted by molar-refractivity contribution is -0.122. The fraction of sp³-hybridized carbons (Fsp3) is 0.333. The molecule has 1 saturated heterocycles. The van der Waals surface area contributed by atoms with Gasteiger partial charge in [0.15, 0.2) is 0 Å². The van der Waals surface area contributed by atoms with Crippen LogP contribution in [0.25, 0.3) is 10.9 Å². The molecule has 1 aromatic heterocycles. The van der Waals surface area contributed by atoms with E-state index < -0.39 is 5.41 Å². The van der Waals surface area contributed by atoms with Gasteiger partial charge >= 0.3 is 0 Å². The number of benzene rings is 2. The highest BCUT2D eigenvalue weighted by molar-refractivity contribution is 6.31. The summed E-state index contributed by atoms with van der Waals surface area (Å²) in [4.78, 5) is 15.1. The Labute approximate surface area is 167 Å². The van der Waals surface area contributed by atoms with Crippen molar-refractivity contribution in [1.29, 1.82) is 0 Å². The minimum absolute atomic E-state index is 0.106. The molecule has 0 radical (unpaired) electrons. The zero-order valence-corrected chi connectivity index (χ0v) is 16.1. The minimum Gasteiger partial charge on any atom is -0.492 e. The lowest BCUT2D eigenvalue weighted by atomic mass is 9.73. The maximum absolute atomic E-state index is 12.7. The van der Waals surface area contributed by atoms with Gasteiger partial charge in [0.1, 0.15) is 12.4 Å². The van der Waals surface area contributed by atoms with Crippen LogP contribution in [0.15, 0.2) is 42.6 Å². The summed E-state index contributed by atoms with van der Waals surface area (Å²) in [6.45, 7) is 3.18. The predicted molar refractivity (Wildman–Crippen MR) is 109 cm³/mol. The molecule has 3 aromatic rings. The average molecular weight is 397 g/mol. The smallest absolute Gasteiger partial charge is 0.235 e. The fourth-order valence-corrected chi connectivity index (χ4v) is 4.52. The first-order chi connectivity index (χ1) is 13.6. The molecular formula is C21H21ClN4O2. The van der Waals surface area contributed by atoms with Gasteiger partial charge in [-0.05, 0) is 67.9 Å². The van der Waals surface area contributed by atoms with Crippen LogP contribution in [0.3, 0.4) is 0 Å². The number of nitrogens with one attached hydrogen (secondary N) is 2. The number of aromatic nitrogens is 2. The number of carbonyl (C=O) groups is 1. The fourth-order valence-electron chi connectivity index (χ4n) is 4.34. The van der Waals surface area contributed by atoms with Crippen LogP contribution in [-0.4, -0.2) is 47.2 Å². The van der Waals surface area contributed by atoms with Crippen molar-refractivity contribution in [3.63, 3.8) is 0 Å². The highest BCUT2D eigenvalue weighted by Gasteiger charge is 2.48. The first-order valence-electron chi connectivity index (χ1n) is 9.54. The Balaban J connectivity index is 1.20. The summed E-state index contributed by atoms with van der Waals surface area (Å²) in [6, 6.07) is 11.6. The van der Waals surface area contributed by atoms with Gasteiger partial charge in [-0.25, -0.2) is 0 Å². The van der Waals surface area contributed by atoms with Gasteiger partial charge in [-0.2, -0.15) is 5.10 Å². The molecule has 0 atom stereocenters. The van der Waals surface area contributed by atoms with E-state index in [1.54, 1.807) is 6.20 Å². The third-order valence-corrected chi connectivity index (χ3v) is 6.21. The lowest BCUT2D eigenvalue weighted by Crippen LogP contribution is -2.47. The van der Waals surface area contributed by atoms with E-state index in [0.29, 0.717) is 11.6 Å². The van der Waals surface area contributed by atoms with Gasteiger partial charge in [0, 0.05) is 22.6 Å². The van der Waals surface area contributed by atoms with Crippen LogP contribution in [0.5, 0.6) is 5.75 Å². The molecule has 144 valence electrons. The highest BCUT2D eigenvalue weighted by atomic mass is 35.5. The van der Waals surface area contributed by atoms with E-state index in [1.165, 1.54) is 0 Å². The lowest BCUT2D eigenvalue weighted by Gasteiger charge is -2.37. The summed E-state index contributed by atoms with van der Waals surface area (Å²) >= 11 is 6.19. The monoisotopic (exact) mass is 396 g/mol. The first kappa shape index (κ1) is 17.5. The third-order valence-electron chi connectivity index (χ3n) is 5.98. The van der Waals surface area contributed by atoms with Gasteiger partial charge in [-0.15, -0.1) is 0 Å². The molecule has 7 heteroatoms. The topological polar surface area (TPSA) is 70.2 Å². The molecule has 2 N–H and O–H groups in total. The van der Waals surface area contributed by atoms with Crippen LogP contribution >= 0.6 is 11.6 Å². The maximum Gasteiger partial charge on any atom is 0.235 e. The van der Waals surface area contributed by atoms with Gasteiger partial charge in [0.25, 0.3) is 0 Å². The van der Waals surface area contributed by atoms with Crippen molar-refractivity contribution in [2.24, 2.45) is 0 Å². The van der Waals surface area contributed by atoms with E-state index in [1.807, 2.05) is 36.4 Å². The Bertz CT molecular complexity index is 1040. The van der Waals surface area contributed by atoms with E-state index in [0.717, 1.165) is 60.4 Å². The van der Waals surface area contributed by atoms with Crippen LogP contribution in [-0.2, 0) is 10.2 Å². The van der Waals surface area contributed by atoms with Crippen molar-refractivity contribution in [2.45, 2.75) is 18.3 Å². The molecule has 2 aromatic carbocycles. The Morgan fingerprint density at radius 2 is 2.04 bits per heavy atom. The second kappa shape index (κ2) is 6.79. The van der Waals surface area contributed by atoms with E-state index >= 15 is 0 Å². The van der Waals surface area contributed by atoms with Gasteiger partial charge in [-0.1, -0.05) is 11.6 Å². The van der Waals surface area contributed by atoms with Gasteiger partial charge < -0.3 is 10.1 Å². The number of amides is 1. The van der Waals surface area contributed by atoms with Crippen LogP contribution in [0.2, 0.25) is 5.02 Å². The summed E-state index contributed by atoms with van der Waals surface area (Å²) in [6.07, 6.45) is 3.39. The first-order valence-corrected chi connectivity index (χ1v) is 9.92. The molecule has 6 nitrogen and oxygen atoms in total. The van der Waals surface area contributed by atoms with Crippen molar-refractivity contribution in [1.82, 2.24) is 15.1 Å². The van der Waals surface area contributed by atoms with Gasteiger partial charge in [0.2, 0.25) is 5.91 Å². The Morgan fingerprint density at radius 1 is 1.18 bits per heavy atom. The molecule has 5 rings (SSSR count). The molecule has 2 aliphatic heterocycles. The summed E-state index contributed by atoms with van der Waals surface area (Å²) in [7, 11) is 0. The summed E-state index contributed by atoms with van der Waals surface area (Å²) in [5.41, 5.74) is 2.52. The maximum atomic E-state index is 12.7. The number of anilines is 1. The molecular weight excluding hydrogens is 376 g/mol. The normalized spacial score (nSPS) is 18.4. The number of rotatable bonds is 4. The van der Waals surface area contributed by atoms with E-state index in [9.17, 15) is 4.79 Å². The highest BCUT2D eigenvalue weighted by Crippen LogP contribution is 2.45. The van der Waals surface area contributed by atoms with Gasteiger partial charge in [0.05, 0.1) is 17.1 Å². The number of fused-ring (bicyclic) bond motifs is 3. The predicted octanol–water partition coefficient (Wildman–Crippen LogP) is 3.58. The Morgan fingerprint density at radius 3 is 2.89 bits per heavy atom. The van der Waals surface area contributed by atoms with Crippen LogP contribution in [0, 0.1) is 0 Å². The summed E-state index contributed by atoms with van der Waals surface area (Å²) in [5, 5.41) is 11.7. The Kier molecular flexibility index (Phi) is 4.25. The number of nitrogens with zero attached hydrogens (tertiary/aromatic N) is 2. The quantitative estimate of drug-likeness (QED) is 0.707. The van der Waals surface area contributed by atoms with Crippen LogP contribution in [0.4, 0.5) is 5.69 Å². The van der Waals surface area contributed by atoms with Crippen molar-refractivity contribution in [2.75, 3.05) is 31.6 Å². The molecule has 1 amide bonds. The number of hydrogen-bond donors (Lipinski definition) is 2. The standard InChI is InChI=1S/C21H21ClN4O2/c22-15-1-3-19-17(12-15)21(20(27)24-19)5-7-26(8-6-21)9-10-28-16-2-4-18-14(11-16)13-23-25-18/h1-4,11-13H,5-10H2,(H,23,25)(H,24,27). The van der Waals surface area contributed by atoms with Crippen molar-refractivity contribution in [3.8, 4) is 5.75 Å². The molecule has 1 spiro atoms. The van der Waals surface area contributed by atoms with Crippen molar-refractivity contribution in [3.05, 3.63) is 53.2 Å². The van der Waals surface area contributed by atoms with E-state index in [2.05, 4.69) is 20.4 Å². The zero-order valence-electron chi connectivity index (χ0n) is 15.4. The van der Waals surface area contributed by atoms with Crippen LogP contribution in [0.1, 0.15) is 18.4 Å². The molecule has 3 heterocycles. The second-order valence-corrected chi connectivity index (χ2v) is 7.97. The number of ether oxygens (including phenoxy) is 1. The number of aromatic amines is 1. The van der Waals surface area contributed by atoms with Crippen molar-refractivity contribution < 1.29 is 9.53 Å². The summed E-state index contributed by atoms with van der Waals surface area (Å²) < 4.78 is 5.92. The largest absolute Gasteiger partial charge is 0.492 e. The molecule has 0 unspecified atom stereocenters. The molecule has 0 aliphatic carbocycles. The molecule has 1 fully saturated rings. The van der Waals surface area contributed by atoms with E-state index in [4.69, 9.17) is 16.3 Å². The zero-order chi connectivity index (χ0) is 19.1. The number of H-pyrrole nitrogens is 1. The van der Waals surface area contributed by atoms with Crippen LogP contribution < -0.4 is 10.1 Å². The van der Waals surface area contributed by atoms with E-state index in [-0.39, 0.29) is 5.91 Å².